The minimum Gasteiger partial charge on any atom is -0.469 e. The van der Waals surface area contributed by atoms with Crippen LogP contribution < -0.4 is 10.9 Å². The summed E-state index contributed by atoms with van der Waals surface area (Å²) in [5.74, 6) is -0.365. The van der Waals surface area contributed by atoms with E-state index in [0.29, 0.717) is 0 Å². The molecular formula is C20H31N5O5Si. The molecule has 3 heterocycles. The molecule has 2 aromatic rings. The van der Waals surface area contributed by atoms with E-state index in [0.717, 1.165) is 0 Å². The van der Waals surface area contributed by atoms with Crippen LogP contribution in [0.3, 0.4) is 0 Å². The predicted octanol–water partition coefficient (Wildman–Crippen LogP) is 1.90. The summed E-state index contributed by atoms with van der Waals surface area (Å²) >= 11 is 0. The van der Waals surface area contributed by atoms with Gasteiger partial charge in [0, 0.05) is 5.92 Å². The Bertz CT molecular complexity index is 1100. The van der Waals surface area contributed by atoms with Gasteiger partial charge in [-0.1, -0.05) is 47.7 Å². The van der Waals surface area contributed by atoms with Gasteiger partial charge in [-0.2, -0.15) is 4.98 Å². The average Bonchev–Trinajstić information content (AvgIpc) is 3.22. The topological polar surface area (TPSA) is 142 Å². The Morgan fingerprint density at radius 3 is 2.61 bits per heavy atom. The zero-order valence-electron chi connectivity index (χ0n) is 19.0. The lowest BCUT2D eigenvalue weighted by Gasteiger charge is -2.48. The maximum Gasteiger partial charge on any atom is 0.280 e. The number of H-pyrrole nitrogens is 1. The van der Waals surface area contributed by atoms with E-state index in [-0.39, 0.29) is 46.3 Å². The normalized spacial score (nSPS) is 22.0. The van der Waals surface area contributed by atoms with E-state index in [4.69, 9.17) is 4.74 Å². The number of aromatic nitrogens is 4. The van der Waals surface area contributed by atoms with Crippen molar-refractivity contribution in [2.24, 2.45) is 5.92 Å². The molecule has 4 N–H and O–H groups in total. The number of hydrogen-bond donors (Lipinski definition) is 4. The molecule has 1 aliphatic heterocycles. The molecule has 2 atom stereocenters. The Kier molecular flexibility index (Phi) is 5.66. The van der Waals surface area contributed by atoms with E-state index in [2.05, 4.69) is 41.0 Å². The van der Waals surface area contributed by atoms with Gasteiger partial charge >= 0.3 is 0 Å². The van der Waals surface area contributed by atoms with Crippen LogP contribution in [0.25, 0.3) is 11.2 Å². The Morgan fingerprint density at radius 2 is 2.06 bits per heavy atom. The number of aromatic amines is 1. The lowest BCUT2D eigenvalue weighted by Crippen LogP contribution is -2.61. The van der Waals surface area contributed by atoms with Gasteiger partial charge in [0.05, 0.1) is 0 Å². The summed E-state index contributed by atoms with van der Waals surface area (Å²) in [5, 5.41) is 22.6. The minimum atomic E-state index is -2.52. The molecule has 0 spiro atoms. The van der Waals surface area contributed by atoms with Gasteiger partial charge in [-0.3, -0.25) is 24.5 Å². The molecule has 3 rings (SSSR count). The third-order valence-corrected chi connectivity index (χ3v) is 12.6. The molecule has 0 aliphatic carbocycles. The van der Waals surface area contributed by atoms with Crippen LogP contribution in [0.1, 0.15) is 40.8 Å². The number of ether oxygens (including phenoxy) is 1. The minimum absolute atomic E-state index is 0.0119. The molecule has 10 nitrogen and oxygen atoms in total. The van der Waals surface area contributed by atoms with E-state index in [1.54, 1.807) is 19.9 Å². The first-order valence-corrected chi connectivity index (χ1v) is 13.2. The van der Waals surface area contributed by atoms with E-state index in [1.165, 1.54) is 10.9 Å². The highest BCUT2D eigenvalue weighted by Crippen LogP contribution is 2.51. The van der Waals surface area contributed by atoms with Crippen LogP contribution in [0.5, 0.6) is 0 Å². The van der Waals surface area contributed by atoms with Gasteiger partial charge in [-0.05, 0) is 11.1 Å². The first-order chi connectivity index (χ1) is 14.2. The van der Waals surface area contributed by atoms with Gasteiger partial charge in [0.25, 0.3) is 5.56 Å². The highest BCUT2D eigenvalue weighted by Gasteiger charge is 2.60. The molecule has 2 aromatic heterocycles. The van der Waals surface area contributed by atoms with Gasteiger partial charge in [-0.25, -0.2) is 4.98 Å². The van der Waals surface area contributed by atoms with Crippen molar-refractivity contribution in [3.8, 4) is 0 Å². The molecule has 1 aliphatic rings. The Hall–Kier alpha value is -2.50. The van der Waals surface area contributed by atoms with E-state index < -0.39 is 25.1 Å². The predicted molar refractivity (Wildman–Crippen MR) is 119 cm³/mol. The van der Waals surface area contributed by atoms with Gasteiger partial charge in [0.15, 0.2) is 11.2 Å². The number of rotatable bonds is 5. The lowest BCUT2D eigenvalue weighted by atomic mass is 10.2. The maximum absolute atomic E-state index is 12.5. The van der Waals surface area contributed by atoms with Crippen molar-refractivity contribution in [2.75, 3.05) is 11.9 Å². The number of nitrogens with one attached hydrogen (secondary N) is 2. The summed E-state index contributed by atoms with van der Waals surface area (Å²) in [6.45, 7) is 13.4. The van der Waals surface area contributed by atoms with E-state index >= 15 is 0 Å². The third-order valence-electron chi connectivity index (χ3n) is 6.50. The fourth-order valence-electron chi connectivity index (χ4n) is 3.44. The first kappa shape index (κ1) is 23.2. The lowest BCUT2D eigenvalue weighted by molar-refractivity contribution is -0.118. The molecule has 170 valence electrons. The molecule has 0 aromatic carbocycles. The quantitative estimate of drug-likeness (QED) is 0.511. The molecule has 31 heavy (non-hydrogen) atoms. The highest BCUT2D eigenvalue weighted by atomic mass is 28.3. The highest BCUT2D eigenvalue weighted by molar-refractivity contribution is 6.83. The third kappa shape index (κ3) is 3.70. The van der Waals surface area contributed by atoms with Crippen molar-refractivity contribution in [1.82, 2.24) is 19.5 Å². The average molecular weight is 450 g/mol. The smallest absolute Gasteiger partial charge is 0.280 e. The number of fused-ring (bicyclic) bond motifs is 1. The molecule has 1 amide bonds. The number of amides is 1. The van der Waals surface area contributed by atoms with Crippen LogP contribution in [-0.4, -0.2) is 55.5 Å². The molecule has 0 bridgehead atoms. The summed E-state index contributed by atoms with van der Waals surface area (Å²) in [7, 11) is -2.52. The number of aliphatic hydroxyl groups excluding tert-OH is 1. The molecule has 0 radical (unpaired) electrons. The van der Waals surface area contributed by atoms with Crippen molar-refractivity contribution in [3.05, 3.63) is 28.5 Å². The fourth-order valence-corrected chi connectivity index (χ4v) is 5.98. The summed E-state index contributed by atoms with van der Waals surface area (Å²) in [5.41, 5.74) is -0.300. The van der Waals surface area contributed by atoms with E-state index in [9.17, 15) is 19.8 Å². The molecular weight excluding hydrogens is 418 g/mol. The van der Waals surface area contributed by atoms with Crippen molar-refractivity contribution >= 4 is 31.1 Å². The van der Waals surface area contributed by atoms with Crippen molar-refractivity contribution in [2.45, 2.75) is 64.2 Å². The second kappa shape index (κ2) is 7.57. The maximum atomic E-state index is 12.5. The number of hydrogen-bond acceptors (Lipinski definition) is 7. The summed E-state index contributed by atoms with van der Waals surface area (Å²) in [4.78, 5) is 35.7. The van der Waals surface area contributed by atoms with Gasteiger partial charge in [0.1, 0.15) is 32.0 Å². The van der Waals surface area contributed by atoms with Crippen LogP contribution in [0.2, 0.25) is 18.1 Å². The van der Waals surface area contributed by atoms with Crippen molar-refractivity contribution < 1.29 is 19.7 Å². The number of nitrogens with zero attached hydrogens (tertiary/aromatic N) is 3. The second-order valence-corrected chi connectivity index (χ2v) is 15.4. The number of anilines is 1. The molecule has 0 fully saturated rings. The number of carbonyl (C=O) groups is 1. The van der Waals surface area contributed by atoms with Crippen LogP contribution >= 0.6 is 0 Å². The number of carbonyl (C=O) groups excluding carboxylic acids is 1. The molecule has 11 heteroatoms. The number of aliphatic hydroxyl groups is 2. The fraction of sp³-hybridized carbons (Fsp3) is 0.600. The van der Waals surface area contributed by atoms with Gasteiger partial charge in [-0.15, -0.1) is 0 Å². The Balaban J connectivity index is 2.17. The summed E-state index contributed by atoms with van der Waals surface area (Å²) in [6.07, 6.45) is 2.00. The Morgan fingerprint density at radius 1 is 1.42 bits per heavy atom. The molecule has 0 saturated heterocycles. The monoisotopic (exact) mass is 449 g/mol. The first-order valence-electron chi connectivity index (χ1n) is 10.2. The van der Waals surface area contributed by atoms with Gasteiger partial charge < -0.3 is 14.9 Å². The van der Waals surface area contributed by atoms with Gasteiger partial charge in [0.2, 0.25) is 18.1 Å². The van der Waals surface area contributed by atoms with Crippen LogP contribution in [-0.2, 0) is 9.53 Å². The van der Waals surface area contributed by atoms with Crippen LogP contribution in [0.15, 0.2) is 23.0 Å². The second-order valence-electron chi connectivity index (χ2n) is 9.82. The SMILES string of the molecule is CC(C)C(=O)Nc1nc2c(ncn2[C@@H]2OC(CO)=C[C@]2(O)[Si](C)(C)C(C)(C)C)c(=O)[nH]1. The summed E-state index contributed by atoms with van der Waals surface area (Å²) < 4.78 is 7.43. The van der Waals surface area contributed by atoms with E-state index in [1.807, 2.05) is 13.1 Å². The van der Waals surface area contributed by atoms with Crippen molar-refractivity contribution in [1.29, 1.82) is 0 Å². The molecule has 0 unspecified atom stereocenters. The summed E-state index contributed by atoms with van der Waals surface area (Å²) in [6, 6.07) is 0. The van der Waals surface area contributed by atoms with Crippen LogP contribution in [0.4, 0.5) is 5.95 Å². The Labute approximate surface area is 181 Å². The standard InChI is InChI=1S/C20H31N5O5Si/c1-11(2)15(27)23-18-22-14-13(16(28)24-18)21-10-25(14)17-20(29,8-12(9-26)30-17)31(6,7)19(3,4)5/h8,10-11,17,26,29H,9H2,1-7H3,(H2,22,23,24,27,28)/t17-,20+/m1/s1. The zero-order chi connectivity index (χ0) is 23.4. The number of imidazole rings is 1. The zero-order valence-corrected chi connectivity index (χ0v) is 20.0. The molecule has 0 saturated carbocycles. The van der Waals surface area contributed by atoms with Crippen LogP contribution in [0, 0.1) is 5.92 Å². The van der Waals surface area contributed by atoms with Crippen molar-refractivity contribution in [3.63, 3.8) is 0 Å². The largest absolute Gasteiger partial charge is 0.469 e.